The Balaban J connectivity index is 3.28. The van der Waals surface area contributed by atoms with Crippen molar-refractivity contribution in [3.8, 4) is 0 Å². The first-order valence-electron chi connectivity index (χ1n) is 6.09. The highest BCUT2D eigenvalue weighted by Crippen LogP contribution is 2.17. The largest absolute Gasteiger partial charge is 0.285 e. The van der Waals surface area contributed by atoms with Crippen LogP contribution in [0.25, 0.3) is 0 Å². The van der Waals surface area contributed by atoms with E-state index in [4.69, 9.17) is 4.55 Å². The molecule has 0 rings (SSSR count). The third-order valence-electron chi connectivity index (χ3n) is 2.61. The van der Waals surface area contributed by atoms with Gasteiger partial charge in [-0.05, 0) is 6.42 Å². The molecule has 0 heterocycles. The van der Waals surface area contributed by atoms with Gasteiger partial charge in [0.15, 0.2) is 0 Å². The normalized spacial score (nSPS) is 13.9. The zero-order valence-electron chi connectivity index (χ0n) is 9.99. The average molecular weight is 362 g/mol. The SMILES string of the molecule is CCCCCCCCCCC(I)S(=O)(=O)O. The Hall–Kier alpha value is 0.640. The highest BCUT2D eigenvalue weighted by atomic mass is 127. The van der Waals surface area contributed by atoms with E-state index in [0.29, 0.717) is 6.42 Å². The van der Waals surface area contributed by atoms with Crippen molar-refractivity contribution in [3.05, 3.63) is 0 Å². The molecule has 0 aromatic heterocycles. The van der Waals surface area contributed by atoms with E-state index in [1.165, 1.54) is 38.5 Å². The molecule has 98 valence electrons. The molecule has 0 fully saturated rings. The molecule has 1 atom stereocenters. The Morgan fingerprint density at radius 1 is 1.00 bits per heavy atom. The monoisotopic (exact) mass is 362 g/mol. The number of alkyl halides is 1. The summed E-state index contributed by atoms with van der Waals surface area (Å²) in [6.07, 6.45) is 10.1. The lowest BCUT2D eigenvalue weighted by atomic mass is 10.1. The Morgan fingerprint density at radius 2 is 1.44 bits per heavy atom. The molecule has 0 aliphatic rings. The van der Waals surface area contributed by atoms with E-state index in [1.807, 2.05) is 0 Å². The van der Waals surface area contributed by atoms with E-state index < -0.39 is 13.4 Å². The minimum atomic E-state index is -3.82. The lowest BCUT2D eigenvalue weighted by Crippen LogP contribution is -2.12. The maximum Gasteiger partial charge on any atom is 0.277 e. The van der Waals surface area contributed by atoms with Gasteiger partial charge in [0.05, 0.1) is 0 Å². The van der Waals surface area contributed by atoms with Gasteiger partial charge < -0.3 is 0 Å². The van der Waals surface area contributed by atoms with Crippen LogP contribution in [-0.4, -0.2) is 16.2 Å². The molecule has 5 heteroatoms. The third-order valence-corrected chi connectivity index (χ3v) is 6.04. The van der Waals surface area contributed by atoms with Crippen molar-refractivity contribution in [2.45, 2.75) is 68.0 Å². The first-order valence-corrected chi connectivity index (χ1v) is 8.83. The van der Waals surface area contributed by atoms with Crippen LogP contribution in [0.4, 0.5) is 0 Å². The van der Waals surface area contributed by atoms with Crippen LogP contribution >= 0.6 is 22.6 Å². The molecular formula is C11H23IO3S. The Bertz CT molecular complexity index is 252. The smallest absolute Gasteiger partial charge is 0.277 e. The zero-order valence-corrected chi connectivity index (χ0v) is 13.0. The predicted octanol–water partition coefficient (Wildman–Crippen LogP) is 4.17. The second-order valence-corrected chi connectivity index (χ2v) is 8.14. The predicted molar refractivity (Wildman–Crippen MR) is 76.6 cm³/mol. The van der Waals surface area contributed by atoms with Crippen LogP contribution in [0, 0.1) is 0 Å². The standard InChI is InChI=1S/C11H23IO3S/c1-2-3-4-5-6-7-8-9-10-11(12)16(13,14)15/h11H,2-10H2,1H3,(H,13,14,15). The van der Waals surface area contributed by atoms with Crippen LogP contribution in [0.5, 0.6) is 0 Å². The fourth-order valence-electron chi connectivity index (χ4n) is 1.59. The third kappa shape index (κ3) is 9.84. The summed E-state index contributed by atoms with van der Waals surface area (Å²) in [5.41, 5.74) is 0. The van der Waals surface area contributed by atoms with E-state index in [9.17, 15) is 8.42 Å². The van der Waals surface area contributed by atoms with Gasteiger partial charge >= 0.3 is 0 Å². The molecule has 0 radical (unpaired) electrons. The van der Waals surface area contributed by atoms with Crippen molar-refractivity contribution in [1.82, 2.24) is 0 Å². The number of halogens is 1. The van der Waals surface area contributed by atoms with Crippen molar-refractivity contribution in [2.24, 2.45) is 0 Å². The van der Waals surface area contributed by atoms with Gasteiger partial charge in [0.25, 0.3) is 10.1 Å². The molecule has 0 aliphatic carbocycles. The van der Waals surface area contributed by atoms with Gasteiger partial charge in [0, 0.05) is 0 Å². The highest BCUT2D eigenvalue weighted by Gasteiger charge is 2.17. The molecule has 3 nitrogen and oxygen atoms in total. The van der Waals surface area contributed by atoms with Crippen LogP contribution in [0.15, 0.2) is 0 Å². The van der Waals surface area contributed by atoms with Crippen LogP contribution in [-0.2, 0) is 10.1 Å². The summed E-state index contributed by atoms with van der Waals surface area (Å²) < 4.78 is 29.6. The van der Waals surface area contributed by atoms with Gasteiger partial charge in [-0.25, -0.2) is 0 Å². The van der Waals surface area contributed by atoms with Crippen molar-refractivity contribution in [2.75, 3.05) is 0 Å². The topological polar surface area (TPSA) is 54.4 Å². The number of unbranched alkanes of at least 4 members (excludes halogenated alkanes) is 7. The van der Waals surface area contributed by atoms with Crippen LogP contribution in [0.2, 0.25) is 0 Å². The first-order chi connectivity index (χ1) is 7.48. The maximum atomic E-state index is 10.7. The van der Waals surface area contributed by atoms with E-state index in [2.05, 4.69) is 6.92 Å². The molecule has 1 unspecified atom stereocenters. The zero-order chi connectivity index (χ0) is 12.4. The minimum Gasteiger partial charge on any atom is -0.285 e. The van der Waals surface area contributed by atoms with Gasteiger partial charge in [-0.1, -0.05) is 80.9 Å². The molecule has 0 aliphatic heterocycles. The fourth-order valence-corrected chi connectivity index (χ4v) is 2.49. The maximum absolute atomic E-state index is 10.7. The van der Waals surface area contributed by atoms with Gasteiger partial charge in [0.1, 0.15) is 3.26 Å². The molecule has 0 bridgehead atoms. The molecule has 0 saturated carbocycles. The summed E-state index contributed by atoms with van der Waals surface area (Å²) in [4.78, 5) is 0. The molecule has 0 saturated heterocycles. The summed E-state index contributed by atoms with van der Waals surface area (Å²) in [5, 5.41) is 0. The molecule has 0 aromatic carbocycles. The molecule has 16 heavy (non-hydrogen) atoms. The van der Waals surface area contributed by atoms with Crippen LogP contribution < -0.4 is 0 Å². The van der Waals surface area contributed by atoms with Gasteiger partial charge in [0.2, 0.25) is 0 Å². The van der Waals surface area contributed by atoms with E-state index in [-0.39, 0.29) is 0 Å². The Morgan fingerprint density at radius 3 is 1.88 bits per heavy atom. The van der Waals surface area contributed by atoms with Crippen molar-refractivity contribution in [1.29, 1.82) is 0 Å². The first kappa shape index (κ1) is 16.6. The molecule has 0 amide bonds. The molecule has 1 N–H and O–H groups in total. The highest BCUT2D eigenvalue weighted by molar-refractivity contribution is 14.1. The van der Waals surface area contributed by atoms with Crippen molar-refractivity contribution in [3.63, 3.8) is 0 Å². The van der Waals surface area contributed by atoms with Crippen LogP contribution in [0.3, 0.4) is 0 Å². The van der Waals surface area contributed by atoms with Gasteiger partial charge in [-0.3, -0.25) is 4.55 Å². The van der Waals surface area contributed by atoms with Crippen LogP contribution in [0.1, 0.15) is 64.7 Å². The van der Waals surface area contributed by atoms with Crippen molar-refractivity contribution < 1.29 is 13.0 Å². The lowest BCUT2D eigenvalue weighted by molar-refractivity contribution is 0.476. The summed E-state index contributed by atoms with van der Waals surface area (Å²) in [6.45, 7) is 2.20. The number of hydrogen-bond acceptors (Lipinski definition) is 2. The van der Waals surface area contributed by atoms with Crippen molar-refractivity contribution >= 4 is 32.7 Å². The number of rotatable bonds is 10. The van der Waals surface area contributed by atoms with E-state index in [1.54, 1.807) is 22.6 Å². The van der Waals surface area contributed by atoms with E-state index in [0.717, 1.165) is 12.8 Å². The quantitative estimate of drug-likeness (QED) is 0.275. The molecule has 0 spiro atoms. The lowest BCUT2D eigenvalue weighted by Gasteiger charge is -2.05. The second kappa shape index (κ2) is 9.65. The molecular weight excluding hydrogens is 339 g/mol. The fraction of sp³-hybridized carbons (Fsp3) is 1.00. The molecule has 0 aromatic rings. The minimum absolute atomic E-state index is 0.564. The van der Waals surface area contributed by atoms with Gasteiger partial charge in [-0.15, -0.1) is 0 Å². The van der Waals surface area contributed by atoms with Gasteiger partial charge in [-0.2, -0.15) is 8.42 Å². The summed E-state index contributed by atoms with van der Waals surface area (Å²) in [7, 11) is -3.82. The summed E-state index contributed by atoms with van der Waals surface area (Å²) in [5.74, 6) is 0. The Labute approximate surface area is 113 Å². The number of hydrogen-bond donors (Lipinski definition) is 1. The summed E-state index contributed by atoms with van der Waals surface area (Å²) in [6, 6.07) is 0. The Kier molecular flexibility index (Phi) is 10.0. The second-order valence-electron chi connectivity index (χ2n) is 4.19. The average Bonchev–Trinajstić information content (AvgIpc) is 2.20. The van der Waals surface area contributed by atoms with E-state index >= 15 is 0 Å². The summed E-state index contributed by atoms with van der Waals surface area (Å²) >= 11 is 1.79.